The molecule has 2 atom stereocenters. The Morgan fingerprint density at radius 3 is 2.95 bits per heavy atom. The van der Waals surface area contributed by atoms with E-state index in [9.17, 15) is 9.59 Å². The molecule has 5 nitrogen and oxygen atoms in total. The SMILES string of the molecule is COC(=O)C1C(=CCc2ccccc2S)OC2CC(=O)N21. The number of thiol groups is 1. The molecular weight excluding hydrogens is 290 g/mol. The van der Waals surface area contributed by atoms with E-state index in [0.29, 0.717) is 18.6 Å². The fourth-order valence-corrected chi connectivity index (χ4v) is 2.82. The van der Waals surface area contributed by atoms with Gasteiger partial charge in [-0.15, -0.1) is 12.6 Å². The highest BCUT2D eigenvalue weighted by atomic mass is 32.1. The van der Waals surface area contributed by atoms with Crippen molar-refractivity contribution in [3.63, 3.8) is 0 Å². The first kappa shape index (κ1) is 14.0. The van der Waals surface area contributed by atoms with Gasteiger partial charge in [-0.25, -0.2) is 4.79 Å². The van der Waals surface area contributed by atoms with E-state index in [1.807, 2.05) is 30.3 Å². The van der Waals surface area contributed by atoms with Crippen molar-refractivity contribution in [3.8, 4) is 0 Å². The van der Waals surface area contributed by atoms with Crippen LogP contribution in [0.15, 0.2) is 41.0 Å². The smallest absolute Gasteiger partial charge is 0.336 e. The topological polar surface area (TPSA) is 55.8 Å². The van der Waals surface area contributed by atoms with Crippen LogP contribution in [-0.4, -0.2) is 36.2 Å². The Morgan fingerprint density at radius 1 is 1.52 bits per heavy atom. The first-order valence-electron chi connectivity index (χ1n) is 6.64. The maximum atomic E-state index is 11.9. The molecule has 3 rings (SSSR count). The standard InChI is InChI=1S/C15H15NO4S/c1-19-15(18)14-10(20-13-8-12(17)16(13)14)7-6-9-4-2-3-5-11(9)21/h2-5,7,13-14,21H,6,8H2,1H3. The summed E-state index contributed by atoms with van der Waals surface area (Å²) in [5.41, 5.74) is 1.03. The minimum absolute atomic E-state index is 0.0894. The summed E-state index contributed by atoms with van der Waals surface area (Å²) in [5.74, 6) is -0.0846. The average Bonchev–Trinajstić information content (AvgIpc) is 2.78. The van der Waals surface area contributed by atoms with Gasteiger partial charge in [-0.3, -0.25) is 9.69 Å². The van der Waals surface area contributed by atoms with Crippen LogP contribution in [-0.2, 0) is 25.5 Å². The van der Waals surface area contributed by atoms with Crippen LogP contribution in [0, 0.1) is 0 Å². The Balaban J connectivity index is 1.83. The molecule has 0 bridgehead atoms. The molecule has 0 radical (unpaired) electrons. The number of β-lactam (4-membered cyclic amide) rings is 1. The predicted octanol–water partition coefficient (Wildman–Crippen LogP) is 1.53. The predicted molar refractivity (Wildman–Crippen MR) is 77.6 cm³/mol. The van der Waals surface area contributed by atoms with Gasteiger partial charge in [0.1, 0.15) is 5.76 Å². The summed E-state index contributed by atoms with van der Waals surface area (Å²) >= 11 is 4.39. The zero-order valence-electron chi connectivity index (χ0n) is 11.5. The summed E-state index contributed by atoms with van der Waals surface area (Å²) in [7, 11) is 1.31. The molecule has 1 aromatic carbocycles. The molecule has 2 saturated heterocycles. The van der Waals surface area contributed by atoms with Gasteiger partial charge in [-0.2, -0.15) is 0 Å². The van der Waals surface area contributed by atoms with Crippen molar-refractivity contribution in [2.45, 2.75) is 30.0 Å². The van der Waals surface area contributed by atoms with Gasteiger partial charge >= 0.3 is 5.97 Å². The van der Waals surface area contributed by atoms with Crippen molar-refractivity contribution < 1.29 is 19.1 Å². The molecule has 0 saturated carbocycles. The van der Waals surface area contributed by atoms with Crippen LogP contribution < -0.4 is 0 Å². The number of benzene rings is 1. The summed E-state index contributed by atoms with van der Waals surface area (Å²) in [4.78, 5) is 25.8. The number of carbonyl (C=O) groups is 2. The lowest BCUT2D eigenvalue weighted by molar-refractivity contribution is -0.164. The van der Waals surface area contributed by atoms with Crippen molar-refractivity contribution >= 4 is 24.5 Å². The lowest BCUT2D eigenvalue weighted by Crippen LogP contribution is -2.55. The molecule has 21 heavy (non-hydrogen) atoms. The van der Waals surface area contributed by atoms with E-state index in [-0.39, 0.29) is 12.1 Å². The molecule has 0 N–H and O–H groups in total. The second kappa shape index (κ2) is 5.44. The molecule has 110 valence electrons. The number of amides is 1. The number of carbonyl (C=O) groups excluding carboxylic acids is 2. The molecule has 0 spiro atoms. The summed E-state index contributed by atoms with van der Waals surface area (Å²) in [6.07, 6.45) is 2.38. The first-order chi connectivity index (χ1) is 10.1. The Bertz CT molecular complexity index is 628. The van der Waals surface area contributed by atoms with Crippen LogP contribution in [0.2, 0.25) is 0 Å². The van der Waals surface area contributed by atoms with E-state index >= 15 is 0 Å². The van der Waals surface area contributed by atoms with Crippen LogP contribution in [0.3, 0.4) is 0 Å². The van der Waals surface area contributed by atoms with Gasteiger partial charge in [-0.1, -0.05) is 18.2 Å². The molecule has 0 aliphatic carbocycles. The van der Waals surface area contributed by atoms with Crippen LogP contribution >= 0.6 is 12.6 Å². The van der Waals surface area contributed by atoms with E-state index in [1.165, 1.54) is 12.0 Å². The quantitative estimate of drug-likeness (QED) is 0.523. The monoisotopic (exact) mass is 305 g/mol. The van der Waals surface area contributed by atoms with Crippen molar-refractivity contribution in [2.75, 3.05) is 7.11 Å². The zero-order valence-corrected chi connectivity index (χ0v) is 12.4. The van der Waals surface area contributed by atoms with E-state index in [0.717, 1.165) is 10.5 Å². The fraction of sp³-hybridized carbons (Fsp3) is 0.333. The highest BCUT2D eigenvalue weighted by Gasteiger charge is 2.53. The number of methoxy groups -OCH3 is 1. The summed E-state index contributed by atoms with van der Waals surface area (Å²) < 4.78 is 10.4. The minimum Gasteiger partial charge on any atom is -0.472 e. The largest absolute Gasteiger partial charge is 0.472 e. The number of nitrogens with zero attached hydrogens (tertiary/aromatic N) is 1. The number of hydrogen-bond acceptors (Lipinski definition) is 5. The van der Waals surface area contributed by atoms with Crippen LogP contribution in [0.5, 0.6) is 0 Å². The molecule has 1 amide bonds. The van der Waals surface area contributed by atoms with Gasteiger partial charge in [0.25, 0.3) is 0 Å². The lowest BCUT2D eigenvalue weighted by atomic mass is 10.1. The second-order valence-corrected chi connectivity index (χ2v) is 5.42. The highest BCUT2D eigenvalue weighted by Crippen LogP contribution is 2.37. The molecular formula is C15H15NO4S. The third-order valence-corrected chi connectivity index (χ3v) is 4.14. The molecule has 2 aliphatic heterocycles. The first-order valence-corrected chi connectivity index (χ1v) is 7.09. The van der Waals surface area contributed by atoms with Crippen molar-refractivity contribution in [3.05, 3.63) is 41.7 Å². The molecule has 6 heteroatoms. The maximum Gasteiger partial charge on any atom is 0.336 e. The normalized spacial score (nSPS) is 25.3. The number of fused-ring (bicyclic) bond motifs is 1. The molecule has 0 aromatic heterocycles. The minimum atomic E-state index is -0.756. The number of esters is 1. The van der Waals surface area contributed by atoms with Gasteiger partial charge in [0, 0.05) is 4.90 Å². The number of allylic oxidation sites excluding steroid dienone is 1. The third-order valence-electron chi connectivity index (χ3n) is 3.71. The van der Waals surface area contributed by atoms with Gasteiger partial charge in [0.05, 0.1) is 13.5 Å². The summed E-state index contributed by atoms with van der Waals surface area (Å²) in [6, 6.07) is 6.95. The van der Waals surface area contributed by atoms with Gasteiger partial charge in [-0.05, 0) is 24.1 Å². The lowest BCUT2D eigenvalue weighted by Gasteiger charge is -2.33. The second-order valence-electron chi connectivity index (χ2n) is 4.94. The number of rotatable bonds is 3. The van der Waals surface area contributed by atoms with E-state index < -0.39 is 12.0 Å². The third kappa shape index (κ3) is 2.40. The van der Waals surface area contributed by atoms with E-state index in [2.05, 4.69) is 12.6 Å². The fourth-order valence-electron chi connectivity index (χ4n) is 2.56. The molecule has 2 fully saturated rings. The van der Waals surface area contributed by atoms with Crippen molar-refractivity contribution in [1.29, 1.82) is 0 Å². The molecule has 2 unspecified atom stereocenters. The number of hydrogen-bond donors (Lipinski definition) is 1. The molecule has 2 aliphatic rings. The Labute approximate surface area is 127 Å². The summed E-state index contributed by atoms with van der Waals surface area (Å²) in [5, 5.41) is 0. The van der Waals surface area contributed by atoms with Crippen molar-refractivity contribution in [1.82, 2.24) is 4.90 Å². The number of ether oxygens (including phenoxy) is 2. The van der Waals surface area contributed by atoms with E-state index in [4.69, 9.17) is 9.47 Å². The Morgan fingerprint density at radius 2 is 2.29 bits per heavy atom. The maximum absolute atomic E-state index is 11.9. The Hall–Kier alpha value is -1.95. The molecule has 2 heterocycles. The van der Waals surface area contributed by atoms with Crippen LogP contribution in [0.25, 0.3) is 0 Å². The summed E-state index contributed by atoms with van der Waals surface area (Å²) in [6.45, 7) is 0. The average molecular weight is 305 g/mol. The Kier molecular flexibility index (Phi) is 3.63. The van der Waals surface area contributed by atoms with Crippen LogP contribution in [0.1, 0.15) is 12.0 Å². The van der Waals surface area contributed by atoms with Crippen LogP contribution in [0.4, 0.5) is 0 Å². The van der Waals surface area contributed by atoms with Gasteiger partial charge in [0.15, 0.2) is 12.3 Å². The molecule has 1 aromatic rings. The van der Waals surface area contributed by atoms with E-state index in [1.54, 1.807) is 0 Å². The van der Waals surface area contributed by atoms with Crippen molar-refractivity contribution in [2.24, 2.45) is 0 Å². The zero-order chi connectivity index (χ0) is 15.0. The highest BCUT2D eigenvalue weighted by molar-refractivity contribution is 7.80. The van der Waals surface area contributed by atoms with Gasteiger partial charge in [0.2, 0.25) is 5.91 Å². The van der Waals surface area contributed by atoms with Gasteiger partial charge < -0.3 is 9.47 Å².